The van der Waals surface area contributed by atoms with Crippen molar-refractivity contribution in [3.8, 4) is 0 Å². The summed E-state index contributed by atoms with van der Waals surface area (Å²) in [5.41, 5.74) is 0.199. The largest absolute Gasteiger partial charge is 0.382 e. The van der Waals surface area contributed by atoms with E-state index in [1.54, 1.807) is 12.4 Å². The molecular weight excluding hydrogens is 202 g/mol. The molecular formula is C13H17NO2. The maximum absolute atomic E-state index is 11.3. The fourth-order valence-corrected chi connectivity index (χ4v) is 2.42. The Morgan fingerprint density at radius 3 is 2.44 bits per heavy atom. The van der Waals surface area contributed by atoms with Gasteiger partial charge >= 0.3 is 0 Å². The van der Waals surface area contributed by atoms with Crippen LogP contribution >= 0.6 is 0 Å². The number of pyridine rings is 1. The Morgan fingerprint density at radius 2 is 1.94 bits per heavy atom. The number of carbonyl (C=O) groups is 1. The van der Waals surface area contributed by atoms with Crippen molar-refractivity contribution >= 4 is 5.78 Å². The second kappa shape index (κ2) is 4.34. The Balaban J connectivity index is 2.03. The molecule has 1 N–H and O–H groups in total. The van der Waals surface area contributed by atoms with Gasteiger partial charge in [0.05, 0.1) is 0 Å². The van der Waals surface area contributed by atoms with Crippen molar-refractivity contribution < 1.29 is 9.90 Å². The molecule has 1 fully saturated rings. The van der Waals surface area contributed by atoms with Crippen LogP contribution in [0.25, 0.3) is 0 Å². The molecule has 0 saturated heterocycles. The van der Waals surface area contributed by atoms with Crippen molar-refractivity contribution in [3.05, 3.63) is 30.1 Å². The molecule has 1 aromatic rings. The molecule has 0 amide bonds. The van der Waals surface area contributed by atoms with Crippen molar-refractivity contribution in [1.29, 1.82) is 0 Å². The minimum atomic E-state index is -1.07. The zero-order chi connectivity index (χ0) is 11.6. The number of nitrogens with zero attached hydrogens (tertiary/aromatic N) is 1. The van der Waals surface area contributed by atoms with Crippen molar-refractivity contribution in [2.24, 2.45) is 0 Å². The molecule has 1 saturated carbocycles. The third kappa shape index (κ3) is 2.14. The van der Waals surface area contributed by atoms with Crippen molar-refractivity contribution in [3.63, 3.8) is 0 Å². The summed E-state index contributed by atoms with van der Waals surface area (Å²) >= 11 is 0. The molecule has 86 valence electrons. The average molecular weight is 219 g/mol. The van der Waals surface area contributed by atoms with Crippen LogP contribution < -0.4 is 0 Å². The van der Waals surface area contributed by atoms with E-state index in [-0.39, 0.29) is 5.78 Å². The van der Waals surface area contributed by atoms with Crippen LogP contribution in [0.5, 0.6) is 0 Å². The minimum Gasteiger partial charge on any atom is -0.382 e. The molecule has 1 aliphatic rings. The lowest BCUT2D eigenvalue weighted by molar-refractivity contribution is -0.138. The lowest BCUT2D eigenvalue weighted by Crippen LogP contribution is -2.40. The highest BCUT2D eigenvalue weighted by atomic mass is 16.3. The zero-order valence-corrected chi connectivity index (χ0v) is 9.52. The predicted octanol–water partition coefficient (Wildman–Crippen LogP) is 2.06. The first-order valence-electron chi connectivity index (χ1n) is 5.75. The van der Waals surface area contributed by atoms with Gasteiger partial charge in [-0.2, -0.15) is 0 Å². The van der Waals surface area contributed by atoms with E-state index in [2.05, 4.69) is 4.98 Å². The van der Waals surface area contributed by atoms with Gasteiger partial charge in [0, 0.05) is 12.4 Å². The van der Waals surface area contributed by atoms with Crippen molar-refractivity contribution in [1.82, 2.24) is 4.98 Å². The Hall–Kier alpha value is -1.22. The molecule has 2 rings (SSSR count). The molecule has 0 bridgehead atoms. The normalized spacial score (nSPS) is 30.0. The molecule has 0 unspecified atom stereocenters. The van der Waals surface area contributed by atoms with E-state index in [0.29, 0.717) is 18.8 Å². The van der Waals surface area contributed by atoms with Gasteiger partial charge in [0.1, 0.15) is 5.60 Å². The van der Waals surface area contributed by atoms with Gasteiger partial charge in [0.15, 0.2) is 5.78 Å². The van der Waals surface area contributed by atoms with Gasteiger partial charge in [0.25, 0.3) is 0 Å². The van der Waals surface area contributed by atoms with Gasteiger partial charge in [-0.05, 0) is 56.2 Å². The number of hydrogen-bond donors (Lipinski definition) is 1. The van der Waals surface area contributed by atoms with Gasteiger partial charge in [-0.25, -0.2) is 0 Å². The number of ketones is 1. The molecule has 1 aliphatic carbocycles. The molecule has 1 heterocycles. The molecule has 3 heteroatoms. The topological polar surface area (TPSA) is 50.2 Å². The standard InChI is InChI=1S/C13H17NO2/c1-10(15)13(16)6-2-11(3-7-13)12-4-8-14-9-5-12/h4-5,8-9,11,16H,2-3,6-7H2,1H3. The molecule has 0 aliphatic heterocycles. The molecule has 0 spiro atoms. The lowest BCUT2D eigenvalue weighted by atomic mass is 9.75. The fraction of sp³-hybridized carbons (Fsp3) is 0.538. The van der Waals surface area contributed by atoms with E-state index in [1.165, 1.54) is 12.5 Å². The van der Waals surface area contributed by atoms with Crippen molar-refractivity contribution in [2.45, 2.75) is 44.1 Å². The zero-order valence-electron chi connectivity index (χ0n) is 9.52. The van der Waals surface area contributed by atoms with E-state index >= 15 is 0 Å². The summed E-state index contributed by atoms with van der Waals surface area (Å²) in [4.78, 5) is 15.3. The summed E-state index contributed by atoms with van der Waals surface area (Å²) in [6.07, 6.45) is 6.49. The van der Waals surface area contributed by atoms with E-state index in [4.69, 9.17) is 0 Å². The summed E-state index contributed by atoms with van der Waals surface area (Å²) in [6.45, 7) is 1.48. The average Bonchev–Trinajstić information content (AvgIpc) is 2.31. The van der Waals surface area contributed by atoms with Crippen LogP contribution in [0.4, 0.5) is 0 Å². The van der Waals surface area contributed by atoms with E-state index in [9.17, 15) is 9.90 Å². The molecule has 0 radical (unpaired) electrons. The molecule has 0 aromatic carbocycles. The summed E-state index contributed by atoms with van der Waals surface area (Å²) in [5, 5.41) is 10.1. The Kier molecular flexibility index (Phi) is 3.06. The SMILES string of the molecule is CC(=O)C1(O)CCC(c2ccncc2)CC1. The van der Waals surface area contributed by atoms with Crippen LogP contribution in [0.1, 0.15) is 44.1 Å². The quantitative estimate of drug-likeness (QED) is 0.828. The number of aromatic nitrogens is 1. The maximum Gasteiger partial charge on any atom is 0.161 e. The van der Waals surface area contributed by atoms with E-state index < -0.39 is 5.60 Å². The Bertz CT molecular complexity index is 367. The maximum atomic E-state index is 11.3. The summed E-state index contributed by atoms with van der Waals surface area (Å²) in [5.74, 6) is 0.364. The first-order chi connectivity index (χ1) is 7.62. The summed E-state index contributed by atoms with van der Waals surface area (Å²) in [6, 6.07) is 4.03. The van der Waals surface area contributed by atoms with Crippen LogP contribution in [0.2, 0.25) is 0 Å². The third-order valence-corrected chi connectivity index (χ3v) is 3.65. The van der Waals surface area contributed by atoms with Crippen LogP contribution in [0.15, 0.2) is 24.5 Å². The van der Waals surface area contributed by atoms with E-state index in [0.717, 1.165) is 12.8 Å². The number of rotatable bonds is 2. The van der Waals surface area contributed by atoms with Crippen molar-refractivity contribution in [2.75, 3.05) is 0 Å². The summed E-state index contributed by atoms with van der Waals surface area (Å²) in [7, 11) is 0. The van der Waals surface area contributed by atoms with Gasteiger partial charge in [0.2, 0.25) is 0 Å². The number of aliphatic hydroxyl groups is 1. The number of Topliss-reactive ketones (excluding diaryl/α,β-unsaturated/α-hetero) is 1. The molecule has 3 nitrogen and oxygen atoms in total. The van der Waals surface area contributed by atoms with E-state index in [1.807, 2.05) is 12.1 Å². The van der Waals surface area contributed by atoms with Gasteiger partial charge in [-0.15, -0.1) is 0 Å². The highest BCUT2D eigenvalue weighted by Gasteiger charge is 2.37. The van der Waals surface area contributed by atoms with Gasteiger partial charge in [-0.3, -0.25) is 9.78 Å². The smallest absolute Gasteiger partial charge is 0.161 e. The molecule has 16 heavy (non-hydrogen) atoms. The fourth-order valence-electron chi connectivity index (χ4n) is 2.42. The van der Waals surface area contributed by atoms with Crippen LogP contribution in [0.3, 0.4) is 0 Å². The Labute approximate surface area is 95.5 Å². The molecule has 0 atom stereocenters. The highest BCUT2D eigenvalue weighted by molar-refractivity contribution is 5.84. The highest BCUT2D eigenvalue weighted by Crippen LogP contribution is 2.38. The van der Waals surface area contributed by atoms with Crippen LogP contribution in [0, 0.1) is 0 Å². The predicted molar refractivity (Wildman–Crippen MR) is 61.1 cm³/mol. The molecule has 1 aromatic heterocycles. The van der Waals surface area contributed by atoms with Crippen LogP contribution in [-0.2, 0) is 4.79 Å². The first kappa shape index (κ1) is 11.3. The number of hydrogen-bond acceptors (Lipinski definition) is 3. The van der Waals surface area contributed by atoms with Crippen LogP contribution in [-0.4, -0.2) is 21.5 Å². The number of carbonyl (C=O) groups excluding carboxylic acids is 1. The monoisotopic (exact) mass is 219 g/mol. The first-order valence-corrected chi connectivity index (χ1v) is 5.75. The summed E-state index contributed by atoms with van der Waals surface area (Å²) < 4.78 is 0. The van der Waals surface area contributed by atoms with Gasteiger partial charge < -0.3 is 5.11 Å². The Morgan fingerprint density at radius 1 is 1.38 bits per heavy atom. The lowest BCUT2D eigenvalue weighted by Gasteiger charge is -2.34. The van der Waals surface area contributed by atoms with Gasteiger partial charge in [-0.1, -0.05) is 0 Å². The third-order valence-electron chi connectivity index (χ3n) is 3.65. The second-order valence-corrected chi connectivity index (χ2v) is 4.64. The minimum absolute atomic E-state index is 0.0966. The second-order valence-electron chi connectivity index (χ2n) is 4.64.